The number of benzene rings is 1. The zero-order valence-corrected chi connectivity index (χ0v) is 8.18. The average molecular weight is 201 g/mol. The minimum absolute atomic E-state index is 0.0181. The molecule has 3 heteroatoms. The van der Waals surface area contributed by atoms with Gasteiger partial charge >= 0.3 is 0 Å². The van der Waals surface area contributed by atoms with Crippen LogP contribution in [0.1, 0.15) is 24.2 Å². The maximum absolute atomic E-state index is 9.24. The number of oxazole rings is 1. The van der Waals surface area contributed by atoms with Crippen LogP contribution in [0.15, 0.2) is 41.3 Å². The molecule has 0 amide bonds. The summed E-state index contributed by atoms with van der Waals surface area (Å²) in [6.07, 6.45) is 5.43. The third-order valence-electron chi connectivity index (χ3n) is 3.07. The summed E-state index contributed by atoms with van der Waals surface area (Å²) >= 11 is 0. The molecule has 0 spiro atoms. The van der Waals surface area contributed by atoms with Crippen molar-refractivity contribution in [3.63, 3.8) is 0 Å². The van der Waals surface area contributed by atoms with Crippen LogP contribution < -0.4 is 0 Å². The number of hydrogen-bond donors (Lipinski definition) is 1. The van der Waals surface area contributed by atoms with E-state index in [0.717, 1.165) is 18.6 Å². The highest BCUT2D eigenvalue weighted by Gasteiger charge is 2.48. The van der Waals surface area contributed by atoms with Crippen LogP contribution >= 0.6 is 0 Å². The quantitative estimate of drug-likeness (QED) is 0.811. The first-order valence-corrected chi connectivity index (χ1v) is 5.00. The Balaban J connectivity index is 2.04. The molecule has 0 bridgehead atoms. The Morgan fingerprint density at radius 1 is 1.20 bits per heavy atom. The fourth-order valence-corrected chi connectivity index (χ4v) is 2.03. The van der Waals surface area contributed by atoms with E-state index in [4.69, 9.17) is 4.42 Å². The highest BCUT2D eigenvalue weighted by Crippen LogP contribution is 2.53. The molecular formula is C12H11NO2. The zero-order chi connectivity index (χ0) is 10.3. The first kappa shape index (κ1) is 8.53. The van der Waals surface area contributed by atoms with E-state index in [1.165, 1.54) is 12.0 Å². The number of rotatable bonds is 2. The molecule has 1 N–H and O–H groups in total. The maximum Gasteiger partial charge on any atom is 0.180 e. The lowest BCUT2D eigenvalue weighted by Crippen LogP contribution is -2.06. The van der Waals surface area contributed by atoms with E-state index < -0.39 is 0 Å². The van der Waals surface area contributed by atoms with E-state index in [-0.39, 0.29) is 5.41 Å². The van der Waals surface area contributed by atoms with Gasteiger partial charge in [-0.2, -0.15) is 0 Å². The summed E-state index contributed by atoms with van der Waals surface area (Å²) < 4.78 is 5.37. The summed E-state index contributed by atoms with van der Waals surface area (Å²) in [5, 5.41) is 9.24. The van der Waals surface area contributed by atoms with Crippen LogP contribution in [0.4, 0.5) is 0 Å². The largest absolute Gasteiger partial charge is 0.508 e. The second-order valence-corrected chi connectivity index (χ2v) is 3.99. The van der Waals surface area contributed by atoms with Crippen molar-refractivity contribution in [3.8, 4) is 5.75 Å². The number of aromatic nitrogens is 1. The molecule has 1 aliphatic carbocycles. The van der Waals surface area contributed by atoms with Crippen LogP contribution in [-0.2, 0) is 5.41 Å². The fraction of sp³-hybridized carbons (Fsp3) is 0.250. The van der Waals surface area contributed by atoms with Gasteiger partial charge in [0.2, 0.25) is 0 Å². The molecule has 3 rings (SSSR count). The zero-order valence-electron chi connectivity index (χ0n) is 8.18. The summed E-state index contributed by atoms with van der Waals surface area (Å²) in [6.45, 7) is 0. The molecule has 1 aromatic carbocycles. The van der Waals surface area contributed by atoms with Crippen LogP contribution in [0, 0.1) is 0 Å². The first-order chi connectivity index (χ1) is 7.31. The molecule has 76 valence electrons. The maximum atomic E-state index is 9.24. The normalized spacial score (nSPS) is 17.6. The molecule has 0 radical (unpaired) electrons. The van der Waals surface area contributed by atoms with Crippen LogP contribution in [0.25, 0.3) is 0 Å². The lowest BCUT2D eigenvalue weighted by Gasteiger charge is -2.11. The van der Waals surface area contributed by atoms with Crippen molar-refractivity contribution >= 4 is 0 Å². The van der Waals surface area contributed by atoms with Gasteiger partial charge in [-0.05, 0) is 30.5 Å². The van der Waals surface area contributed by atoms with Crippen molar-refractivity contribution in [1.29, 1.82) is 0 Å². The minimum atomic E-state index is 0.0181. The summed E-state index contributed by atoms with van der Waals surface area (Å²) in [4.78, 5) is 3.96. The summed E-state index contributed by atoms with van der Waals surface area (Å²) in [6, 6.07) is 7.33. The average Bonchev–Trinajstić information content (AvgIpc) is 2.88. The third-order valence-corrected chi connectivity index (χ3v) is 3.07. The monoisotopic (exact) mass is 201 g/mol. The molecule has 3 nitrogen and oxygen atoms in total. The van der Waals surface area contributed by atoms with Crippen molar-refractivity contribution < 1.29 is 9.52 Å². The number of nitrogens with zero attached hydrogens (tertiary/aromatic N) is 1. The van der Waals surface area contributed by atoms with Gasteiger partial charge in [0, 0.05) is 0 Å². The summed E-state index contributed by atoms with van der Waals surface area (Å²) in [7, 11) is 0. The Hall–Kier alpha value is -1.77. The molecule has 0 saturated heterocycles. The Bertz CT molecular complexity index is 455. The van der Waals surface area contributed by atoms with Gasteiger partial charge in [0.25, 0.3) is 0 Å². The molecule has 1 saturated carbocycles. The minimum Gasteiger partial charge on any atom is -0.508 e. The summed E-state index contributed by atoms with van der Waals surface area (Å²) in [5.41, 5.74) is 1.21. The molecule has 1 heterocycles. The van der Waals surface area contributed by atoms with Crippen LogP contribution in [0.3, 0.4) is 0 Å². The van der Waals surface area contributed by atoms with Gasteiger partial charge in [0.15, 0.2) is 6.39 Å². The van der Waals surface area contributed by atoms with E-state index in [1.807, 2.05) is 12.1 Å². The smallest absolute Gasteiger partial charge is 0.180 e. The number of phenolic OH excluding ortho intramolecular Hbond substituents is 1. The lowest BCUT2D eigenvalue weighted by molar-refractivity contribution is 0.468. The van der Waals surface area contributed by atoms with Crippen molar-refractivity contribution in [2.75, 3.05) is 0 Å². The highest BCUT2D eigenvalue weighted by molar-refractivity contribution is 5.41. The molecule has 1 aliphatic rings. The van der Waals surface area contributed by atoms with Gasteiger partial charge in [0.1, 0.15) is 11.5 Å². The van der Waals surface area contributed by atoms with Crippen LogP contribution in [0.5, 0.6) is 5.75 Å². The van der Waals surface area contributed by atoms with Crippen molar-refractivity contribution in [3.05, 3.63) is 48.2 Å². The number of hydrogen-bond acceptors (Lipinski definition) is 3. The summed E-state index contributed by atoms with van der Waals surface area (Å²) in [5.74, 6) is 1.22. The predicted molar refractivity (Wildman–Crippen MR) is 54.6 cm³/mol. The number of aromatic hydroxyl groups is 1. The second kappa shape index (κ2) is 2.86. The van der Waals surface area contributed by atoms with Gasteiger partial charge in [-0.3, -0.25) is 0 Å². The molecule has 0 aliphatic heterocycles. The molecular weight excluding hydrogens is 190 g/mol. The molecule has 0 atom stereocenters. The van der Waals surface area contributed by atoms with E-state index in [9.17, 15) is 5.11 Å². The highest BCUT2D eigenvalue weighted by atomic mass is 16.3. The van der Waals surface area contributed by atoms with Gasteiger partial charge in [0.05, 0.1) is 11.6 Å². The van der Waals surface area contributed by atoms with Gasteiger partial charge in [-0.25, -0.2) is 4.98 Å². The van der Waals surface area contributed by atoms with Crippen LogP contribution in [0.2, 0.25) is 0 Å². The van der Waals surface area contributed by atoms with Crippen LogP contribution in [-0.4, -0.2) is 10.1 Å². The van der Waals surface area contributed by atoms with Gasteiger partial charge in [-0.15, -0.1) is 0 Å². The fourth-order valence-electron chi connectivity index (χ4n) is 2.03. The van der Waals surface area contributed by atoms with Gasteiger partial charge < -0.3 is 9.52 Å². The van der Waals surface area contributed by atoms with E-state index in [1.54, 1.807) is 18.3 Å². The van der Waals surface area contributed by atoms with E-state index in [2.05, 4.69) is 4.98 Å². The van der Waals surface area contributed by atoms with E-state index in [0.29, 0.717) is 5.75 Å². The Kier molecular flexibility index (Phi) is 1.63. The van der Waals surface area contributed by atoms with Crippen molar-refractivity contribution in [2.45, 2.75) is 18.3 Å². The second-order valence-electron chi connectivity index (χ2n) is 3.99. The molecule has 1 aromatic heterocycles. The van der Waals surface area contributed by atoms with Crippen molar-refractivity contribution in [2.24, 2.45) is 0 Å². The molecule has 0 unspecified atom stereocenters. The van der Waals surface area contributed by atoms with Gasteiger partial charge in [-0.1, -0.05) is 12.1 Å². The lowest BCUT2D eigenvalue weighted by atomic mass is 9.94. The molecule has 15 heavy (non-hydrogen) atoms. The third kappa shape index (κ3) is 1.23. The number of phenols is 1. The Morgan fingerprint density at radius 3 is 2.47 bits per heavy atom. The molecule has 2 aromatic rings. The molecule has 1 fully saturated rings. The Labute approximate surface area is 87.4 Å². The van der Waals surface area contributed by atoms with E-state index >= 15 is 0 Å². The predicted octanol–water partition coefficient (Wildman–Crippen LogP) is 2.46. The van der Waals surface area contributed by atoms with Crippen molar-refractivity contribution in [1.82, 2.24) is 4.98 Å². The first-order valence-electron chi connectivity index (χ1n) is 5.00. The Morgan fingerprint density at radius 2 is 1.93 bits per heavy atom. The standard InChI is InChI=1S/C12H11NO2/c14-10-3-1-9(2-4-10)12(5-6-12)11-7-13-8-15-11/h1-4,7-8,14H,5-6H2. The topological polar surface area (TPSA) is 46.3 Å². The SMILES string of the molecule is Oc1ccc(C2(c3cnco3)CC2)cc1.